The van der Waals surface area contributed by atoms with Crippen molar-refractivity contribution in [1.82, 2.24) is 0 Å². The van der Waals surface area contributed by atoms with E-state index in [0.29, 0.717) is 0 Å². The third-order valence-corrected chi connectivity index (χ3v) is 11.1. The smallest absolute Gasteiger partial charge is 0.0340 e. The number of rotatable bonds is 1. The summed E-state index contributed by atoms with van der Waals surface area (Å²) in [5.41, 5.74) is 14.3. The lowest BCUT2D eigenvalue weighted by molar-refractivity contribution is 0.592. The summed E-state index contributed by atoms with van der Waals surface area (Å²) in [6.45, 7) is 7.05. The molecule has 0 radical (unpaired) electrons. The molecule has 0 N–H and O–H groups in total. The molecule has 0 nitrogen and oxygen atoms in total. The average Bonchev–Trinajstić information content (AvgIpc) is 3.02. The van der Waals surface area contributed by atoms with Gasteiger partial charge in [0.25, 0.3) is 0 Å². The molecule has 2 heteroatoms. The van der Waals surface area contributed by atoms with Crippen LogP contribution in [-0.2, 0) is 5.41 Å². The summed E-state index contributed by atoms with van der Waals surface area (Å²) in [6, 6.07) is 47.4. The van der Waals surface area contributed by atoms with Crippen LogP contribution in [0.4, 0.5) is 0 Å². The van der Waals surface area contributed by atoms with Crippen LogP contribution in [0.2, 0.25) is 0 Å². The Morgan fingerprint density at radius 2 is 0.762 bits per heavy atom. The van der Waals surface area contributed by atoms with Crippen LogP contribution in [0, 0.1) is 0 Å². The quantitative estimate of drug-likeness (QED) is 0.191. The molecular weight excluding hydrogens is 545 g/mol. The molecule has 1 heterocycles. The van der Waals surface area contributed by atoms with Crippen molar-refractivity contribution in [2.45, 2.75) is 45.8 Å². The molecule has 8 rings (SSSR count). The second-order valence-electron chi connectivity index (χ2n) is 12.1. The molecule has 6 aromatic rings. The molecular formula is C40H30S2. The van der Waals surface area contributed by atoms with Crippen LogP contribution >= 0.6 is 23.5 Å². The van der Waals surface area contributed by atoms with Crippen molar-refractivity contribution in [3.8, 4) is 55.6 Å². The average molecular weight is 575 g/mol. The van der Waals surface area contributed by atoms with Crippen molar-refractivity contribution in [3.63, 3.8) is 0 Å². The van der Waals surface area contributed by atoms with Crippen molar-refractivity contribution in [1.29, 1.82) is 0 Å². The highest BCUT2D eigenvalue weighted by Gasteiger charge is 2.29. The first kappa shape index (κ1) is 25.7. The highest BCUT2D eigenvalue weighted by atomic mass is 32.2. The van der Waals surface area contributed by atoms with Crippen LogP contribution < -0.4 is 0 Å². The minimum Gasteiger partial charge on any atom is -0.0877 e. The molecule has 0 fully saturated rings. The van der Waals surface area contributed by atoms with E-state index in [1.54, 1.807) is 0 Å². The fourth-order valence-corrected chi connectivity index (χ4v) is 8.90. The summed E-state index contributed by atoms with van der Waals surface area (Å²) in [4.78, 5) is 5.37. The fraction of sp³-hybridized carbons (Fsp3) is 0.100. The van der Waals surface area contributed by atoms with E-state index in [1.807, 2.05) is 23.5 Å². The Bertz CT molecular complexity index is 2030. The standard InChI is InChI=1S/C40H30S2/c1-40(2,3)35-24-33-30-18-9-7-16-28(30)26-14-5-4-13-25(26)27-15-6-8-17-29(27)32(33)23-34(35)31-19-12-22-38-39(31)42-37-21-11-10-20-36(37)41-38/h4-24H,1-3H3. The van der Waals surface area contributed by atoms with E-state index in [2.05, 4.69) is 148 Å². The molecule has 0 spiro atoms. The van der Waals surface area contributed by atoms with Gasteiger partial charge in [-0.25, -0.2) is 0 Å². The molecule has 0 aromatic heterocycles. The van der Waals surface area contributed by atoms with Gasteiger partial charge < -0.3 is 0 Å². The van der Waals surface area contributed by atoms with E-state index in [0.717, 1.165) is 0 Å². The molecule has 42 heavy (non-hydrogen) atoms. The van der Waals surface area contributed by atoms with E-state index in [4.69, 9.17) is 0 Å². The fourth-order valence-electron chi connectivity index (χ4n) is 6.51. The van der Waals surface area contributed by atoms with Crippen LogP contribution in [0.25, 0.3) is 55.6 Å². The van der Waals surface area contributed by atoms with E-state index < -0.39 is 0 Å². The Labute approximate surface area is 256 Å². The molecule has 0 amide bonds. The van der Waals surface area contributed by atoms with Gasteiger partial charge in [0.15, 0.2) is 0 Å². The zero-order valence-electron chi connectivity index (χ0n) is 23.9. The molecule has 0 atom stereocenters. The normalized spacial score (nSPS) is 12.9. The molecule has 2 aliphatic rings. The van der Waals surface area contributed by atoms with Crippen LogP contribution in [0.3, 0.4) is 0 Å². The van der Waals surface area contributed by atoms with Gasteiger partial charge in [0, 0.05) is 19.6 Å². The Morgan fingerprint density at radius 3 is 1.29 bits per heavy atom. The maximum atomic E-state index is 2.50. The lowest BCUT2D eigenvalue weighted by Crippen LogP contribution is -2.14. The minimum atomic E-state index is -0.0494. The second kappa shape index (κ2) is 9.80. The number of hydrogen-bond acceptors (Lipinski definition) is 2. The first-order chi connectivity index (χ1) is 20.5. The van der Waals surface area contributed by atoms with Gasteiger partial charge in [0.1, 0.15) is 0 Å². The predicted molar refractivity (Wildman–Crippen MR) is 181 cm³/mol. The SMILES string of the molecule is CC(C)(C)c1cc2c(cc1-c1cccc3c1Sc1ccccc1S3)-c1ccccc1-c1ccccc1-c1ccccc1-2. The highest BCUT2D eigenvalue weighted by molar-refractivity contribution is 8.05. The van der Waals surface area contributed by atoms with Crippen LogP contribution in [0.15, 0.2) is 147 Å². The predicted octanol–water partition coefficient (Wildman–Crippen LogP) is 12.2. The first-order valence-electron chi connectivity index (χ1n) is 14.5. The van der Waals surface area contributed by atoms with Crippen molar-refractivity contribution < 1.29 is 0 Å². The zero-order chi connectivity index (χ0) is 28.4. The van der Waals surface area contributed by atoms with Crippen LogP contribution in [0.5, 0.6) is 0 Å². The van der Waals surface area contributed by atoms with Gasteiger partial charge in [0.05, 0.1) is 0 Å². The van der Waals surface area contributed by atoms with Crippen LogP contribution in [-0.4, -0.2) is 0 Å². The Hall–Kier alpha value is -3.98. The number of hydrogen-bond donors (Lipinski definition) is 0. The third kappa shape index (κ3) is 4.08. The van der Waals surface area contributed by atoms with Gasteiger partial charge in [-0.2, -0.15) is 0 Å². The molecule has 0 bridgehead atoms. The molecule has 0 saturated heterocycles. The molecule has 202 valence electrons. The van der Waals surface area contributed by atoms with Crippen molar-refractivity contribution >= 4 is 23.5 Å². The molecule has 0 saturated carbocycles. The summed E-state index contributed by atoms with van der Waals surface area (Å²) < 4.78 is 0. The lowest BCUT2D eigenvalue weighted by atomic mass is 9.75. The lowest BCUT2D eigenvalue weighted by Gasteiger charge is -2.30. The highest BCUT2D eigenvalue weighted by Crippen LogP contribution is 2.55. The molecule has 6 aromatic carbocycles. The van der Waals surface area contributed by atoms with Gasteiger partial charge >= 0.3 is 0 Å². The van der Waals surface area contributed by atoms with E-state index in [9.17, 15) is 0 Å². The van der Waals surface area contributed by atoms with E-state index >= 15 is 0 Å². The number of benzene rings is 6. The van der Waals surface area contributed by atoms with E-state index in [1.165, 1.54) is 80.8 Å². The van der Waals surface area contributed by atoms with Crippen molar-refractivity contribution in [3.05, 3.63) is 133 Å². The Morgan fingerprint density at radius 1 is 0.357 bits per heavy atom. The summed E-state index contributed by atoms with van der Waals surface area (Å²) in [6.07, 6.45) is 0. The van der Waals surface area contributed by atoms with E-state index in [-0.39, 0.29) is 5.41 Å². The van der Waals surface area contributed by atoms with Gasteiger partial charge in [-0.05, 0) is 96.9 Å². The molecule has 0 unspecified atom stereocenters. The zero-order valence-corrected chi connectivity index (χ0v) is 25.6. The summed E-state index contributed by atoms with van der Waals surface area (Å²) in [5, 5.41) is 0. The van der Waals surface area contributed by atoms with Crippen molar-refractivity contribution in [2.24, 2.45) is 0 Å². The Kier molecular flexibility index (Phi) is 6.00. The topological polar surface area (TPSA) is 0 Å². The monoisotopic (exact) mass is 574 g/mol. The second-order valence-corrected chi connectivity index (χ2v) is 14.2. The summed E-state index contributed by atoms with van der Waals surface area (Å²) >= 11 is 3.80. The Balaban J connectivity index is 1.46. The summed E-state index contributed by atoms with van der Waals surface area (Å²) in [5.74, 6) is 0. The largest absolute Gasteiger partial charge is 0.0877 e. The summed E-state index contributed by atoms with van der Waals surface area (Å²) in [7, 11) is 0. The minimum absolute atomic E-state index is 0.0494. The molecule has 1 aliphatic heterocycles. The van der Waals surface area contributed by atoms with Crippen molar-refractivity contribution in [2.75, 3.05) is 0 Å². The first-order valence-corrected chi connectivity index (χ1v) is 16.2. The maximum Gasteiger partial charge on any atom is 0.0340 e. The maximum absolute atomic E-state index is 2.50. The van der Waals surface area contributed by atoms with Gasteiger partial charge in [-0.1, -0.05) is 141 Å². The van der Waals surface area contributed by atoms with Crippen LogP contribution in [0.1, 0.15) is 26.3 Å². The van der Waals surface area contributed by atoms with Gasteiger partial charge in [0.2, 0.25) is 0 Å². The van der Waals surface area contributed by atoms with Gasteiger partial charge in [-0.3, -0.25) is 0 Å². The third-order valence-electron chi connectivity index (χ3n) is 8.46. The number of fused-ring (bicyclic) bond motifs is 10. The van der Waals surface area contributed by atoms with Gasteiger partial charge in [-0.15, -0.1) is 0 Å². The molecule has 1 aliphatic carbocycles.